The summed E-state index contributed by atoms with van der Waals surface area (Å²) in [7, 11) is 1.68. The number of nitrogens with zero attached hydrogens (tertiary/aromatic N) is 2. The Hall–Kier alpha value is -2.76. The van der Waals surface area contributed by atoms with Gasteiger partial charge in [-0.3, -0.25) is 9.59 Å². The predicted molar refractivity (Wildman–Crippen MR) is 114 cm³/mol. The van der Waals surface area contributed by atoms with Gasteiger partial charge in [0.05, 0.1) is 28.8 Å². The van der Waals surface area contributed by atoms with E-state index in [0.717, 1.165) is 0 Å². The Morgan fingerprint density at radius 3 is 2.59 bits per heavy atom. The van der Waals surface area contributed by atoms with E-state index >= 15 is 4.39 Å². The fourth-order valence-electron chi connectivity index (χ4n) is 2.76. The van der Waals surface area contributed by atoms with Gasteiger partial charge in [-0.05, 0) is 46.9 Å². The second kappa shape index (κ2) is 8.72. The molecule has 3 aromatic rings. The number of halogens is 3. The summed E-state index contributed by atoms with van der Waals surface area (Å²) in [5.41, 5.74) is 0.346. The molecule has 0 atom stereocenters. The lowest BCUT2D eigenvalue weighted by molar-refractivity contribution is -0.118. The van der Waals surface area contributed by atoms with Crippen LogP contribution in [-0.4, -0.2) is 34.5 Å². The van der Waals surface area contributed by atoms with Crippen LogP contribution in [-0.2, 0) is 11.8 Å². The first-order chi connectivity index (χ1) is 13.8. The topological polar surface area (TPSA) is 88.1 Å². The van der Waals surface area contributed by atoms with Crippen molar-refractivity contribution in [1.82, 2.24) is 20.2 Å². The molecule has 3 N–H and O–H groups in total. The number of anilines is 2. The van der Waals surface area contributed by atoms with Gasteiger partial charge in [0.2, 0.25) is 5.91 Å². The van der Waals surface area contributed by atoms with Gasteiger partial charge in [0.1, 0.15) is 11.3 Å². The largest absolute Gasteiger partial charge is 0.355 e. The molecule has 0 bridgehead atoms. The molecule has 0 fully saturated rings. The zero-order chi connectivity index (χ0) is 21.1. The van der Waals surface area contributed by atoms with Crippen LogP contribution < -0.4 is 16.0 Å². The number of hydrogen-bond acceptors (Lipinski definition) is 4. The summed E-state index contributed by atoms with van der Waals surface area (Å²) in [6, 6.07) is 5.92. The maximum atomic E-state index is 15.2. The number of carbonyl (C=O) groups excluding carboxylic acids is 2. The molecule has 3 rings (SSSR count). The third kappa shape index (κ3) is 4.63. The van der Waals surface area contributed by atoms with Gasteiger partial charge in [0.15, 0.2) is 5.82 Å². The molecule has 1 aromatic heterocycles. The summed E-state index contributed by atoms with van der Waals surface area (Å²) in [5, 5.41) is 7.87. The number of rotatable bonds is 6. The van der Waals surface area contributed by atoms with Crippen LogP contribution in [0.25, 0.3) is 11.0 Å². The summed E-state index contributed by atoms with van der Waals surface area (Å²) in [4.78, 5) is 27.7. The molecule has 2 amide bonds. The van der Waals surface area contributed by atoms with Crippen molar-refractivity contribution in [3.8, 4) is 0 Å². The van der Waals surface area contributed by atoms with Crippen LogP contribution in [0.3, 0.4) is 0 Å². The number of carbonyl (C=O) groups is 2. The van der Waals surface area contributed by atoms with Gasteiger partial charge in [0.25, 0.3) is 5.91 Å². The summed E-state index contributed by atoms with van der Waals surface area (Å²) < 4.78 is 31.8. The molecule has 152 valence electrons. The van der Waals surface area contributed by atoms with Gasteiger partial charge in [-0.1, -0.05) is 0 Å². The zero-order valence-corrected chi connectivity index (χ0v) is 17.8. The summed E-state index contributed by atoms with van der Waals surface area (Å²) in [5.74, 6) is -2.12. The van der Waals surface area contributed by atoms with Crippen molar-refractivity contribution in [3.63, 3.8) is 0 Å². The number of nitrogens with one attached hydrogen (secondary N) is 3. The first kappa shape index (κ1) is 21.0. The van der Waals surface area contributed by atoms with Gasteiger partial charge in [-0.2, -0.15) is 0 Å². The van der Waals surface area contributed by atoms with Crippen molar-refractivity contribution < 1.29 is 18.4 Å². The molecule has 0 saturated carbocycles. The highest BCUT2D eigenvalue weighted by molar-refractivity contribution is 14.1. The van der Waals surface area contributed by atoms with E-state index in [2.05, 4.69) is 20.9 Å². The van der Waals surface area contributed by atoms with Gasteiger partial charge < -0.3 is 20.5 Å². The molecule has 7 nitrogen and oxygen atoms in total. The van der Waals surface area contributed by atoms with Crippen LogP contribution >= 0.6 is 22.6 Å². The Bertz CT molecular complexity index is 1100. The number of hydrogen-bond donors (Lipinski definition) is 3. The van der Waals surface area contributed by atoms with E-state index in [0.29, 0.717) is 9.09 Å². The fourth-order valence-corrected chi connectivity index (χ4v) is 3.21. The van der Waals surface area contributed by atoms with E-state index in [9.17, 15) is 14.0 Å². The van der Waals surface area contributed by atoms with Crippen molar-refractivity contribution in [3.05, 3.63) is 51.4 Å². The number of imidazole rings is 1. The Morgan fingerprint density at radius 1 is 1.17 bits per heavy atom. The van der Waals surface area contributed by atoms with Gasteiger partial charge in [0, 0.05) is 30.6 Å². The lowest BCUT2D eigenvalue weighted by Crippen LogP contribution is -2.34. The second-order valence-corrected chi connectivity index (χ2v) is 7.57. The van der Waals surface area contributed by atoms with E-state index in [1.54, 1.807) is 17.7 Å². The second-order valence-electron chi connectivity index (χ2n) is 6.32. The molecular formula is C19H18F2IN5O2. The van der Waals surface area contributed by atoms with E-state index in [1.807, 2.05) is 22.6 Å². The van der Waals surface area contributed by atoms with E-state index in [4.69, 9.17) is 0 Å². The SMILES string of the molecule is CC(=O)NCCNC(=O)c1cc2c(ncn2C)c(F)c1Nc1ccc(I)cc1F. The number of benzene rings is 2. The molecule has 0 radical (unpaired) electrons. The maximum absolute atomic E-state index is 15.2. The summed E-state index contributed by atoms with van der Waals surface area (Å²) in [6.45, 7) is 1.75. The van der Waals surface area contributed by atoms with Gasteiger partial charge in [-0.25, -0.2) is 13.8 Å². The third-order valence-corrected chi connectivity index (χ3v) is 4.85. The standard InChI is InChI=1S/C19H18F2IN5O2/c1-10(28)23-5-6-24-19(29)12-8-15-18(25-9-27(15)2)16(21)17(12)26-14-4-3-11(22)7-13(14)20/h3-4,7-9,26H,5-6H2,1-2H3,(H,23,28)(H,24,29). The Balaban J connectivity index is 1.99. The van der Waals surface area contributed by atoms with Crippen molar-refractivity contribution >= 4 is 56.8 Å². The van der Waals surface area contributed by atoms with Crippen molar-refractivity contribution in [2.75, 3.05) is 18.4 Å². The lowest BCUT2D eigenvalue weighted by atomic mass is 10.1. The minimum atomic E-state index is -0.756. The summed E-state index contributed by atoms with van der Waals surface area (Å²) >= 11 is 1.97. The average Bonchev–Trinajstić information content (AvgIpc) is 3.03. The minimum absolute atomic E-state index is 0.000579. The molecule has 0 unspecified atom stereocenters. The molecule has 0 saturated heterocycles. The summed E-state index contributed by atoms with van der Waals surface area (Å²) in [6.07, 6.45) is 1.43. The quantitative estimate of drug-likeness (QED) is 0.350. The van der Waals surface area contributed by atoms with Crippen LogP contribution in [0.5, 0.6) is 0 Å². The molecular weight excluding hydrogens is 495 g/mol. The van der Waals surface area contributed by atoms with Crippen molar-refractivity contribution in [2.24, 2.45) is 7.05 Å². The Labute approximate surface area is 179 Å². The minimum Gasteiger partial charge on any atom is -0.355 e. The molecule has 0 aliphatic carbocycles. The number of fused-ring (bicyclic) bond motifs is 1. The smallest absolute Gasteiger partial charge is 0.253 e. The van der Waals surface area contributed by atoms with Crippen molar-refractivity contribution in [2.45, 2.75) is 6.92 Å². The van der Waals surface area contributed by atoms with Crippen LogP contribution in [0, 0.1) is 15.2 Å². The zero-order valence-electron chi connectivity index (χ0n) is 15.6. The van der Waals surface area contributed by atoms with Crippen LogP contribution in [0.15, 0.2) is 30.6 Å². The van der Waals surface area contributed by atoms with Crippen LogP contribution in [0.2, 0.25) is 0 Å². The van der Waals surface area contributed by atoms with E-state index in [-0.39, 0.29) is 41.5 Å². The maximum Gasteiger partial charge on any atom is 0.253 e. The normalized spacial score (nSPS) is 10.8. The molecule has 2 aromatic carbocycles. The Morgan fingerprint density at radius 2 is 1.90 bits per heavy atom. The van der Waals surface area contributed by atoms with Crippen LogP contribution in [0.1, 0.15) is 17.3 Å². The van der Waals surface area contributed by atoms with Gasteiger partial charge >= 0.3 is 0 Å². The number of amides is 2. The van der Waals surface area contributed by atoms with Crippen LogP contribution in [0.4, 0.5) is 20.2 Å². The molecule has 1 heterocycles. The Kier molecular flexibility index (Phi) is 6.30. The fraction of sp³-hybridized carbons (Fsp3) is 0.211. The highest BCUT2D eigenvalue weighted by atomic mass is 127. The average molecular weight is 513 g/mol. The van der Waals surface area contributed by atoms with Crippen molar-refractivity contribution in [1.29, 1.82) is 0 Å². The first-order valence-electron chi connectivity index (χ1n) is 8.66. The van der Waals surface area contributed by atoms with E-state index < -0.39 is 17.5 Å². The molecule has 0 aliphatic heterocycles. The van der Waals surface area contributed by atoms with Gasteiger partial charge in [-0.15, -0.1) is 0 Å². The molecule has 0 spiro atoms. The van der Waals surface area contributed by atoms with E-state index in [1.165, 1.54) is 31.5 Å². The first-order valence-corrected chi connectivity index (χ1v) is 9.74. The number of aromatic nitrogens is 2. The predicted octanol–water partition coefficient (Wildman–Crippen LogP) is 3.07. The lowest BCUT2D eigenvalue weighted by Gasteiger charge is -2.15. The number of aryl methyl sites for hydroxylation is 1. The highest BCUT2D eigenvalue weighted by Crippen LogP contribution is 2.31. The monoisotopic (exact) mass is 513 g/mol. The molecule has 0 aliphatic rings. The molecule has 29 heavy (non-hydrogen) atoms. The third-order valence-electron chi connectivity index (χ3n) is 4.18. The molecule has 10 heteroatoms. The highest BCUT2D eigenvalue weighted by Gasteiger charge is 2.22.